The predicted molar refractivity (Wildman–Crippen MR) is 75.7 cm³/mol. The Bertz CT molecular complexity index is 325. The Labute approximate surface area is 111 Å². The molecule has 2 N–H and O–H groups in total. The van der Waals surface area contributed by atoms with Crippen LogP contribution in [-0.2, 0) is 9.63 Å². The fraction of sp³-hybridized carbons (Fsp3) is 0.667. The number of hydrogen-bond acceptors (Lipinski definition) is 3. The maximum Gasteiger partial charge on any atom is 0.352 e. The molecule has 0 saturated carbocycles. The third-order valence-corrected chi connectivity index (χ3v) is 3.28. The second-order valence-electron chi connectivity index (χ2n) is 5.31. The van der Waals surface area contributed by atoms with Crippen LogP contribution in [0.1, 0.15) is 60.3 Å². The fourth-order valence-corrected chi connectivity index (χ4v) is 1.71. The molecule has 0 aromatic carbocycles. The molecule has 3 nitrogen and oxygen atoms in total. The molecule has 0 aromatic heterocycles. The molecule has 0 aliphatic heterocycles. The molecule has 0 rings (SSSR count). The number of nitrogens with two attached hydrogens (primary N) is 1. The van der Waals surface area contributed by atoms with Gasteiger partial charge in [0.2, 0.25) is 0 Å². The van der Waals surface area contributed by atoms with Gasteiger partial charge in [0.1, 0.15) is 0 Å². The highest BCUT2D eigenvalue weighted by atomic mass is 16.7. The van der Waals surface area contributed by atoms with Gasteiger partial charge in [-0.1, -0.05) is 24.1 Å². The van der Waals surface area contributed by atoms with E-state index in [1.54, 1.807) is 6.92 Å². The molecule has 0 aromatic rings. The SMILES string of the molecule is CC(C)=CCCC(C)CC/C(C)=C(/C)C(=O)ON. The summed E-state index contributed by atoms with van der Waals surface area (Å²) in [4.78, 5) is 15.5. The van der Waals surface area contributed by atoms with Crippen LogP contribution in [0.4, 0.5) is 0 Å². The summed E-state index contributed by atoms with van der Waals surface area (Å²) in [6.45, 7) is 10.2. The summed E-state index contributed by atoms with van der Waals surface area (Å²) >= 11 is 0. The van der Waals surface area contributed by atoms with Crippen molar-refractivity contribution in [2.24, 2.45) is 11.8 Å². The molecule has 0 aliphatic carbocycles. The molecule has 0 fully saturated rings. The van der Waals surface area contributed by atoms with E-state index in [9.17, 15) is 4.79 Å². The van der Waals surface area contributed by atoms with Crippen LogP contribution >= 0.6 is 0 Å². The zero-order valence-electron chi connectivity index (χ0n) is 12.4. The van der Waals surface area contributed by atoms with Gasteiger partial charge >= 0.3 is 5.97 Å². The first kappa shape index (κ1) is 16.9. The van der Waals surface area contributed by atoms with Crippen LogP contribution in [0.2, 0.25) is 0 Å². The molecule has 0 radical (unpaired) electrons. The van der Waals surface area contributed by atoms with E-state index in [1.165, 1.54) is 12.0 Å². The van der Waals surface area contributed by atoms with Crippen LogP contribution in [0, 0.1) is 5.92 Å². The zero-order valence-corrected chi connectivity index (χ0v) is 12.4. The number of rotatable bonds is 7. The van der Waals surface area contributed by atoms with Crippen LogP contribution in [0.5, 0.6) is 0 Å². The van der Waals surface area contributed by atoms with Gasteiger partial charge in [-0.05, 0) is 59.3 Å². The molecule has 0 amide bonds. The van der Waals surface area contributed by atoms with E-state index in [4.69, 9.17) is 5.90 Å². The number of carbonyl (C=O) groups excluding carboxylic acids is 1. The Hall–Kier alpha value is -1.09. The van der Waals surface area contributed by atoms with Crippen LogP contribution in [-0.4, -0.2) is 5.97 Å². The Balaban J connectivity index is 4.09. The van der Waals surface area contributed by atoms with Gasteiger partial charge in [0.15, 0.2) is 0 Å². The van der Waals surface area contributed by atoms with Gasteiger partial charge in [0.25, 0.3) is 0 Å². The van der Waals surface area contributed by atoms with E-state index in [0.717, 1.165) is 24.8 Å². The van der Waals surface area contributed by atoms with Crippen molar-refractivity contribution in [2.45, 2.75) is 60.3 Å². The average molecular weight is 253 g/mol. The lowest BCUT2D eigenvalue weighted by atomic mass is 9.95. The molecule has 1 unspecified atom stereocenters. The van der Waals surface area contributed by atoms with E-state index in [0.29, 0.717) is 11.5 Å². The first-order valence-electron chi connectivity index (χ1n) is 6.59. The summed E-state index contributed by atoms with van der Waals surface area (Å²) in [5, 5.41) is 0. The van der Waals surface area contributed by atoms with E-state index < -0.39 is 5.97 Å². The molecule has 1 atom stereocenters. The number of hydrogen-bond donors (Lipinski definition) is 1. The highest BCUT2D eigenvalue weighted by Crippen LogP contribution is 2.19. The fourth-order valence-electron chi connectivity index (χ4n) is 1.71. The molecule has 0 saturated heterocycles. The molecule has 0 aliphatic rings. The largest absolute Gasteiger partial charge is 0.370 e. The van der Waals surface area contributed by atoms with Crippen LogP contribution in [0.25, 0.3) is 0 Å². The summed E-state index contributed by atoms with van der Waals surface area (Å²) in [5.41, 5.74) is 3.08. The summed E-state index contributed by atoms with van der Waals surface area (Å²) in [6.07, 6.45) is 6.62. The summed E-state index contributed by atoms with van der Waals surface area (Å²) in [5.74, 6) is 5.11. The molecule has 18 heavy (non-hydrogen) atoms. The van der Waals surface area contributed by atoms with Gasteiger partial charge in [-0.15, -0.1) is 0 Å². The second-order valence-corrected chi connectivity index (χ2v) is 5.31. The maximum absolute atomic E-state index is 11.2. The predicted octanol–water partition coefficient (Wildman–Crippen LogP) is 3.90. The van der Waals surface area contributed by atoms with Crippen molar-refractivity contribution >= 4 is 5.97 Å². The lowest BCUT2D eigenvalue weighted by Crippen LogP contribution is -2.12. The molecule has 0 spiro atoms. The van der Waals surface area contributed by atoms with Gasteiger partial charge in [-0.2, -0.15) is 5.90 Å². The van der Waals surface area contributed by atoms with Crippen molar-refractivity contribution in [1.82, 2.24) is 0 Å². The van der Waals surface area contributed by atoms with E-state index >= 15 is 0 Å². The highest BCUT2D eigenvalue weighted by Gasteiger charge is 2.09. The highest BCUT2D eigenvalue weighted by molar-refractivity contribution is 5.88. The average Bonchev–Trinajstić information content (AvgIpc) is 2.33. The van der Waals surface area contributed by atoms with Crippen LogP contribution in [0.15, 0.2) is 22.8 Å². The van der Waals surface area contributed by atoms with E-state index in [1.807, 2.05) is 6.92 Å². The van der Waals surface area contributed by atoms with Gasteiger partial charge in [-0.25, -0.2) is 4.79 Å². The first-order chi connectivity index (χ1) is 8.38. The Morgan fingerprint density at radius 2 is 1.83 bits per heavy atom. The second kappa shape index (κ2) is 8.92. The minimum absolute atomic E-state index is 0.426. The lowest BCUT2D eigenvalue weighted by Gasteiger charge is -2.11. The Kier molecular flexibility index (Phi) is 8.38. The minimum Gasteiger partial charge on any atom is -0.370 e. The summed E-state index contributed by atoms with van der Waals surface area (Å²) in [7, 11) is 0. The summed E-state index contributed by atoms with van der Waals surface area (Å²) < 4.78 is 0. The van der Waals surface area contributed by atoms with Gasteiger partial charge in [0.05, 0.1) is 0 Å². The number of allylic oxidation sites excluding steroid dienone is 3. The Morgan fingerprint density at radius 1 is 1.22 bits per heavy atom. The molecular formula is C15H27NO2. The monoisotopic (exact) mass is 253 g/mol. The quantitative estimate of drug-likeness (QED) is 0.425. The van der Waals surface area contributed by atoms with Gasteiger partial charge in [0, 0.05) is 5.57 Å². The van der Waals surface area contributed by atoms with Crippen molar-refractivity contribution in [2.75, 3.05) is 0 Å². The van der Waals surface area contributed by atoms with Crippen molar-refractivity contribution in [3.8, 4) is 0 Å². The van der Waals surface area contributed by atoms with Crippen molar-refractivity contribution < 1.29 is 9.63 Å². The first-order valence-corrected chi connectivity index (χ1v) is 6.59. The van der Waals surface area contributed by atoms with Gasteiger partial charge in [-0.3, -0.25) is 0 Å². The van der Waals surface area contributed by atoms with Crippen molar-refractivity contribution in [1.29, 1.82) is 0 Å². The maximum atomic E-state index is 11.2. The molecule has 0 heterocycles. The molecule has 0 bridgehead atoms. The third-order valence-electron chi connectivity index (χ3n) is 3.28. The van der Waals surface area contributed by atoms with Crippen molar-refractivity contribution in [3.63, 3.8) is 0 Å². The van der Waals surface area contributed by atoms with Crippen molar-refractivity contribution in [3.05, 3.63) is 22.8 Å². The topological polar surface area (TPSA) is 52.3 Å². The zero-order chi connectivity index (χ0) is 14.1. The molecule has 3 heteroatoms. The number of carbonyl (C=O) groups is 1. The van der Waals surface area contributed by atoms with Gasteiger partial charge < -0.3 is 4.84 Å². The normalized spacial score (nSPS) is 13.7. The van der Waals surface area contributed by atoms with E-state index in [-0.39, 0.29) is 0 Å². The third kappa shape index (κ3) is 7.28. The lowest BCUT2D eigenvalue weighted by molar-refractivity contribution is -0.139. The molecule has 104 valence electrons. The van der Waals surface area contributed by atoms with Crippen LogP contribution < -0.4 is 5.90 Å². The standard InChI is InChI=1S/C15H27NO2/c1-11(2)7-6-8-12(3)9-10-13(4)14(5)15(17)18-16/h7,12H,6,8-10,16H2,1-5H3/b14-13-. The van der Waals surface area contributed by atoms with Crippen LogP contribution in [0.3, 0.4) is 0 Å². The van der Waals surface area contributed by atoms with E-state index in [2.05, 4.69) is 31.7 Å². The Morgan fingerprint density at radius 3 is 2.33 bits per heavy atom. The summed E-state index contributed by atoms with van der Waals surface area (Å²) in [6, 6.07) is 0. The smallest absolute Gasteiger partial charge is 0.352 e. The molecular weight excluding hydrogens is 226 g/mol. The minimum atomic E-state index is -0.426.